The van der Waals surface area contributed by atoms with Crippen molar-refractivity contribution in [1.29, 1.82) is 0 Å². The topological polar surface area (TPSA) is 80.9 Å². The van der Waals surface area contributed by atoms with Gasteiger partial charge in [-0.15, -0.1) is 11.3 Å². The molecule has 0 bridgehead atoms. The molecule has 0 aliphatic carbocycles. The van der Waals surface area contributed by atoms with Crippen molar-refractivity contribution in [3.8, 4) is 11.3 Å². The van der Waals surface area contributed by atoms with E-state index in [0.717, 1.165) is 52.9 Å². The minimum Gasteiger partial charge on any atom is -0.368 e. The van der Waals surface area contributed by atoms with Gasteiger partial charge in [0.05, 0.1) is 10.6 Å². The highest BCUT2D eigenvalue weighted by atomic mass is 32.1. The number of aromatic nitrogens is 2. The van der Waals surface area contributed by atoms with Crippen LogP contribution in [0.25, 0.3) is 11.3 Å². The smallest absolute Gasteiger partial charge is 0.261 e. The quantitative estimate of drug-likeness (QED) is 0.554. The van der Waals surface area contributed by atoms with Gasteiger partial charge in [-0.3, -0.25) is 4.79 Å². The molecule has 0 saturated heterocycles. The lowest BCUT2D eigenvalue weighted by molar-refractivity contribution is 0.0955. The maximum absolute atomic E-state index is 12.7. The average molecular weight is 409 g/mol. The average Bonchev–Trinajstić information content (AvgIpc) is 3.14. The summed E-state index contributed by atoms with van der Waals surface area (Å²) in [7, 11) is 0. The minimum atomic E-state index is -0.000464. The van der Waals surface area contributed by atoms with Crippen molar-refractivity contribution in [1.82, 2.24) is 15.3 Å². The van der Waals surface area contributed by atoms with E-state index in [4.69, 9.17) is 5.73 Å². The van der Waals surface area contributed by atoms with Gasteiger partial charge in [0.25, 0.3) is 5.91 Å². The highest BCUT2D eigenvalue weighted by molar-refractivity contribution is 7.14. The number of benzene rings is 1. The van der Waals surface area contributed by atoms with Gasteiger partial charge >= 0.3 is 0 Å². The van der Waals surface area contributed by atoms with E-state index in [9.17, 15) is 4.79 Å². The molecule has 29 heavy (non-hydrogen) atoms. The van der Waals surface area contributed by atoms with E-state index in [2.05, 4.69) is 41.3 Å². The Morgan fingerprint density at radius 2 is 2.00 bits per heavy atom. The van der Waals surface area contributed by atoms with Gasteiger partial charge < -0.3 is 11.1 Å². The van der Waals surface area contributed by atoms with E-state index in [1.54, 1.807) is 17.5 Å². The molecule has 2 heterocycles. The maximum Gasteiger partial charge on any atom is 0.261 e. The summed E-state index contributed by atoms with van der Waals surface area (Å²) in [6, 6.07) is 10.0. The molecular weight excluding hydrogens is 380 g/mol. The Balaban J connectivity index is 1.68. The van der Waals surface area contributed by atoms with Crippen molar-refractivity contribution in [3.63, 3.8) is 0 Å². The van der Waals surface area contributed by atoms with E-state index in [1.165, 1.54) is 10.4 Å². The molecule has 2 aromatic heterocycles. The van der Waals surface area contributed by atoms with E-state index in [-0.39, 0.29) is 11.9 Å². The van der Waals surface area contributed by atoms with Crippen LogP contribution in [0, 0.1) is 6.92 Å². The summed E-state index contributed by atoms with van der Waals surface area (Å²) < 4.78 is 0. The highest BCUT2D eigenvalue weighted by Crippen LogP contribution is 2.25. The number of nitrogens with zero attached hydrogens (tertiary/aromatic N) is 2. The van der Waals surface area contributed by atoms with Crippen LogP contribution in [-0.4, -0.2) is 15.9 Å². The van der Waals surface area contributed by atoms with Crippen molar-refractivity contribution in [2.75, 3.05) is 5.73 Å². The van der Waals surface area contributed by atoms with Crippen molar-refractivity contribution in [2.24, 2.45) is 0 Å². The van der Waals surface area contributed by atoms with Gasteiger partial charge in [0.15, 0.2) is 0 Å². The minimum absolute atomic E-state index is 0.000464. The molecule has 0 unspecified atom stereocenters. The van der Waals surface area contributed by atoms with E-state index in [0.29, 0.717) is 6.54 Å². The standard InChI is InChI=1S/C23H28N4OS/c1-4-6-7-17-13-21(29-20(17)5-2)22(28)26-14-18-9-8-16(12-15(18)3)19-10-11-25-23(24)27-19/h8-13H,4-7,14H2,1-3H3,(H,26,28)(H2,24,25,27). The third-order valence-corrected chi connectivity index (χ3v) is 6.31. The molecule has 1 amide bonds. The summed E-state index contributed by atoms with van der Waals surface area (Å²) in [5.74, 6) is 0.261. The molecule has 0 atom stereocenters. The van der Waals surface area contributed by atoms with Crippen LogP contribution in [0.5, 0.6) is 0 Å². The molecule has 0 fully saturated rings. The van der Waals surface area contributed by atoms with E-state index < -0.39 is 0 Å². The molecule has 0 aliphatic rings. The summed E-state index contributed by atoms with van der Waals surface area (Å²) in [5.41, 5.74) is 11.0. The van der Waals surface area contributed by atoms with Gasteiger partial charge in [0, 0.05) is 23.2 Å². The Hall–Kier alpha value is -2.73. The van der Waals surface area contributed by atoms with Gasteiger partial charge in [-0.25, -0.2) is 9.97 Å². The number of anilines is 1. The molecule has 0 aliphatic heterocycles. The lowest BCUT2D eigenvalue weighted by atomic mass is 10.0. The molecule has 1 aromatic carbocycles. The van der Waals surface area contributed by atoms with Crippen molar-refractivity contribution >= 4 is 23.2 Å². The van der Waals surface area contributed by atoms with Crippen LogP contribution >= 0.6 is 11.3 Å². The first-order valence-corrected chi connectivity index (χ1v) is 10.9. The third kappa shape index (κ3) is 5.21. The predicted octanol–water partition coefficient (Wildman–Crippen LogP) is 4.93. The number of carbonyl (C=O) groups excluding carboxylic acids is 1. The van der Waals surface area contributed by atoms with Gasteiger partial charge in [-0.2, -0.15) is 0 Å². The fourth-order valence-electron chi connectivity index (χ4n) is 3.31. The molecule has 0 saturated carbocycles. The largest absolute Gasteiger partial charge is 0.368 e. The summed E-state index contributed by atoms with van der Waals surface area (Å²) in [4.78, 5) is 23.0. The van der Waals surface area contributed by atoms with Crippen LogP contribution in [0.3, 0.4) is 0 Å². The number of rotatable bonds is 8. The fraction of sp³-hybridized carbons (Fsp3) is 0.348. The summed E-state index contributed by atoms with van der Waals surface area (Å²) in [6.45, 7) is 6.89. The van der Waals surface area contributed by atoms with Crippen LogP contribution < -0.4 is 11.1 Å². The summed E-state index contributed by atoms with van der Waals surface area (Å²) >= 11 is 1.62. The zero-order valence-corrected chi connectivity index (χ0v) is 18.1. The number of hydrogen-bond acceptors (Lipinski definition) is 5. The molecule has 152 valence electrons. The van der Waals surface area contributed by atoms with Crippen molar-refractivity contribution in [2.45, 2.75) is 53.0 Å². The lowest BCUT2D eigenvalue weighted by Crippen LogP contribution is -2.22. The number of thiophene rings is 1. The first-order chi connectivity index (χ1) is 14.0. The van der Waals surface area contributed by atoms with Gasteiger partial charge in [-0.05, 0) is 61.1 Å². The number of carbonyl (C=O) groups is 1. The summed E-state index contributed by atoms with van der Waals surface area (Å²) in [6.07, 6.45) is 6.01. The number of aryl methyl sites for hydroxylation is 3. The SMILES string of the molecule is CCCCc1cc(C(=O)NCc2ccc(-c3ccnc(N)n3)cc2C)sc1CC. The third-order valence-electron chi connectivity index (χ3n) is 4.99. The highest BCUT2D eigenvalue weighted by Gasteiger charge is 2.14. The summed E-state index contributed by atoms with van der Waals surface area (Å²) in [5, 5.41) is 3.07. The van der Waals surface area contributed by atoms with Gasteiger partial charge in [0.2, 0.25) is 5.95 Å². The maximum atomic E-state index is 12.7. The number of hydrogen-bond donors (Lipinski definition) is 2. The molecule has 0 radical (unpaired) electrons. The molecule has 3 aromatic rings. The van der Waals surface area contributed by atoms with Crippen LogP contribution in [0.2, 0.25) is 0 Å². The van der Waals surface area contributed by atoms with Crippen LogP contribution in [0.1, 0.15) is 57.9 Å². The van der Waals surface area contributed by atoms with Gasteiger partial charge in [-0.1, -0.05) is 32.4 Å². The molecule has 3 rings (SSSR count). The lowest BCUT2D eigenvalue weighted by Gasteiger charge is -2.10. The second-order valence-corrected chi connectivity index (χ2v) is 8.28. The van der Waals surface area contributed by atoms with Gasteiger partial charge in [0.1, 0.15) is 0 Å². The van der Waals surface area contributed by atoms with Crippen LogP contribution in [0.4, 0.5) is 5.95 Å². The molecule has 0 spiro atoms. The van der Waals surface area contributed by atoms with Crippen LogP contribution in [0.15, 0.2) is 36.5 Å². The number of amides is 1. The molecular formula is C23H28N4OS. The second-order valence-electron chi connectivity index (χ2n) is 7.14. The second kappa shape index (κ2) is 9.65. The molecule has 5 nitrogen and oxygen atoms in total. The number of nitrogen functional groups attached to an aromatic ring is 1. The predicted molar refractivity (Wildman–Crippen MR) is 120 cm³/mol. The fourth-order valence-corrected chi connectivity index (χ4v) is 4.38. The molecule has 6 heteroatoms. The monoisotopic (exact) mass is 408 g/mol. The number of unbranched alkanes of at least 4 members (excludes halogenated alkanes) is 1. The Kier molecular flexibility index (Phi) is 6.99. The zero-order valence-electron chi connectivity index (χ0n) is 17.3. The first-order valence-electron chi connectivity index (χ1n) is 10.1. The van der Waals surface area contributed by atoms with Crippen LogP contribution in [-0.2, 0) is 19.4 Å². The van der Waals surface area contributed by atoms with Crippen molar-refractivity contribution in [3.05, 3.63) is 63.0 Å². The zero-order chi connectivity index (χ0) is 20.8. The van der Waals surface area contributed by atoms with Crippen molar-refractivity contribution < 1.29 is 4.79 Å². The molecule has 3 N–H and O–H groups in total. The number of nitrogens with one attached hydrogen (secondary N) is 1. The van der Waals surface area contributed by atoms with E-state index in [1.807, 2.05) is 25.1 Å². The first kappa shape index (κ1) is 21.0. The number of nitrogens with two attached hydrogens (primary N) is 1. The Morgan fingerprint density at radius 3 is 2.69 bits per heavy atom. The van der Waals surface area contributed by atoms with E-state index >= 15 is 0 Å². The Bertz CT molecular complexity index is 996. The Labute approximate surface area is 176 Å². The normalized spacial score (nSPS) is 10.9. The Morgan fingerprint density at radius 1 is 1.17 bits per heavy atom.